The van der Waals surface area contributed by atoms with Gasteiger partial charge in [0.1, 0.15) is 0 Å². The van der Waals surface area contributed by atoms with Gasteiger partial charge < -0.3 is 30.7 Å². The molecular weight excluding hydrogens is 512 g/mol. The number of carbonyl (C=O) groups is 4. The van der Waals surface area contributed by atoms with Gasteiger partial charge in [-0.25, -0.2) is 9.59 Å². The molecule has 0 heterocycles. The van der Waals surface area contributed by atoms with E-state index in [1.54, 1.807) is 64.1 Å². The van der Waals surface area contributed by atoms with Crippen LogP contribution < -0.4 is 21.3 Å². The highest BCUT2D eigenvalue weighted by Gasteiger charge is 2.33. The van der Waals surface area contributed by atoms with Gasteiger partial charge in [0.25, 0.3) is 0 Å². The normalized spacial score (nSPS) is 12.7. The highest BCUT2D eigenvalue weighted by molar-refractivity contribution is 6.31. The summed E-state index contributed by atoms with van der Waals surface area (Å²) in [4.78, 5) is 50.3. The Kier molecular flexibility index (Phi) is 10.9. The van der Waals surface area contributed by atoms with Gasteiger partial charge in [0, 0.05) is 72.2 Å². The molecule has 1 aliphatic rings. The zero-order valence-electron chi connectivity index (χ0n) is 23.3. The van der Waals surface area contributed by atoms with E-state index in [9.17, 15) is 19.2 Å². The molecule has 4 N–H and O–H groups in total. The SMILES string of the molecule is CCOC(=O)/C=C(\C)NCCNc1ccc(NCCN/C(C)=C/C(=O)OCC)c2c1C(=O)c1ccccc1C2=O. The maximum Gasteiger partial charge on any atom is 0.332 e. The highest BCUT2D eigenvalue weighted by atomic mass is 16.5. The van der Waals surface area contributed by atoms with Crippen LogP contribution in [0.15, 0.2) is 59.9 Å². The Labute approximate surface area is 234 Å². The Morgan fingerprint density at radius 3 is 1.45 bits per heavy atom. The standard InChI is InChI=1S/C30H36N4O6/c1-5-39-25(35)17-19(3)31-13-15-33-23-11-12-24(34-16-14-32-20(4)18-26(36)40-6-2)28-27(23)29(37)21-9-7-8-10-22(21)30(28)38/h7-12,17-18,31-34H,5-6,13-16H2,1-4H3/b19-17+,20-18+. The molecule has 10 nitrogen and oxygen atoms in total. The van der Waals surface area contributed by atoms with Gasteiger partial charge in [-0.15, -0.1) is 0 Å². The first-order chi connectivity index (χ1) is 19.3. The molecule has 2 aromatic rings. The molecule has 0 unspecified atom stereocenters. The maximum atomic E-state index is 13.6. The van der Waals surface area contributed by atoms with Crippen LogP contribution in [0.25, 0.3) is 0 Å². The first-order valence-electron chi connectivity index (χ1n) is 13.3. The molecule has 0 aliphatic heterocycles. The third-order valence-corrected chi connectivity index (χ3v) is 6.01. The summed E-state index contributed by atoms with van der Waals surface area (Å²) in [6.45, 7) is 9.44. The Bertz CT molecular complexity index is 1230. The topological polar surface area (TPSA) is 135 Å². The number of fused-ring (bicyclic) bond motifs is 2. The van der Waals surface area contributed by atoms with E-state index in [0.29, 0.717) is 84.4 Å². The van der Waals surface area contributed by atoms with Crippen LogP contribution in [-0.4, -0.2) is 62.9 Å². The van der Waals surface area contributed by atoms with Crippen molar-refractivity contribution in [1.29, 1.82) is 0 Å². The second-order valence-corrected chi connectivity index (χ2v) is 8.98. The van der Waals surface area contributed by atoms with Crippen LogP contribution in [0.5, 0.6) is 0 Å². The van der Waals surface area contributed by atoms with Crippen molar-refractivity contribution in [3.8, 4) is 0 Å². The summed E-state index contributed by atoms with van der Waals surface area (Å²) in [5.41, 5.74) is 3.78. The van der Waals surface area contributed by atoms with Crippen molar-refractivity contribution in [2.45, 2.75) is 27.7 Å². The Morgan fingerprint density at radius 1 is 0.675 bits per heavy atom. The van der Waals surface area contributed by atoms with Crippen LogP contribution in [0.3, 0.4) is 0 Å². The lowest BCUT2D eigenvalue weighted by Crippen LogP contribution is -2.27. The second kappa shape index (κ2) is 14.5. The average molecular weight is 549 g/mol. The number of carbonyl (C=O) groups excluding carboxylic acids is 4. The van der Waals surface area contributed by atoms with Gasteiger partial charge in [-0.1, -0.05) is 24.3 Å². The molecule has 0 bridgehead atoms. The lowest BCUT2D eigenvalue weighted by molar-refractivity contribution is -0.138. The summed E-state index contributed by atoms with van der Waals surface area (Å²) in [5.74, 6) is -1.29. The molecule has 0 fully saturated rings. The van der Waals surface area contributed by atoms with Crippen molar-refractivity contribution in [1.82, 2.24) is 10.6 Å². The van der Waals surface area contributed by atoms with Crippen LogP contribution in [-0.2, 0) is 19.1 Å². The van der Waals surface area contributed by atoms with Crippen molar-refractivity contribution >= 4 is 34.9 Å². The number of esters is 2. The van der Waals surface area contributed by atoms with Gasteiger partial charge in [0.05, 0.1) is 24.3 Å². The quantitative estimate of drug-likeness (QED) is 0.135. The van der Waals surface area contributed by atoms with Crippen LogP contribution in [0.2, 0.25) is 0 Å². The van der Waals surface area contributed by atoms with Crippen molar-refractivity contribution in [3.63, 3.8) is 0 Å². The monoisotopic (exact) mass is 548 g/mol. The van der Waals surface area contributed by atoms with E-state index >= 15 is 0 Å². The predicted octanol–water partition coefficient (Wildman–Crippen LogP) is 3.40. The molecule has 0 aromatic heterocycles. The van der Waals surface area contributed by atoms with Crippen LogP contribution in [0.1, 0.15) is 59.5 Å². The van der Waals surface area contributed by atoms with E-state index in [1.165, 1.54) is 12.2 Å². The average Bonchev–Trinajstić information content (AvgIpc) is 2.92. The Balaban J connectivity index is 1.75. The predicted molar refractivity (Wildman–Crippen MR) is 154 cm³/mol. The van der Waals surface area contributed by atoms with E-state index in [1.807, 2.05) is 0 Å². The summed E-state index contributed by atoms with van der Waals surface area (Å²) in [6, 6.07) is 10.4. The van der Waals surface area contributed by atoms with Gasteiger partial charge in [-0.3, -0.25) is 9.59 Å². The zero-order chi connectivity index (χ0) is 29.1. The molecule has 0 spiro atoms. The van der Waals surface area contributed by atoms with Crippen molar-refractivity contribution in [3.05, 3.63) is 82.2 Å². The number of nitrogens with one attached hydrogen (secondary N) is 4. The molecule has 0 amide bonds. The summed E-state index contributed by atoms with van der Waals surface area (Å²) < 4.78 is 9.82. The van der Waals surface area contributed by atoms with Crippen molar-refractivity contribution < 1.29 is 28.7 Å². The third kappa shape index (κ3) is 7.72. The number of ether oxygens (including phenoxy) is 2. The van der Waals surface area contributed by atoms with Gasteiger partial charge in [-0.2, -0.15) is 0 Å². The van der Waals surface area contributed by atoms with Crippen molar-refractivity contribution in [2.75, 3.05) is 50.0 Å². The molecule has 10 heteroatoms. The second-order valence-electron chi connectivity index (χ2n) is 8.98. The molecule has 2 aromatic carbocycles. The molecule has 212 valence electrons. The molecule has 0 atom stereocenters. The minimum Gasteiger partial charge on any atom is -0.463 e. The number of hydrogen-bond donors (Lipinski definition) is 4. The number of benzene rings is 2. The van der Waals surface area contributed by atoms with Crippen molar-refractivity contribution in [2.24, 2.45) is 0 Å². The van der Waals surface area contributed by atoms with Gasteiger partial charge in [0.2, 0.25) is 0 Å². The smallest absolute Gasteiger partial charge is 0.332 e. The number of hydrogen-bond acceptors (Lipinski definition) is 10. The van der Waals surface area contributed by atoms with Crippen LogP contribution in [0.4, 0.5) is 11.4 Å². The molecule has 1 aliphatic carbocycles. The molecule has 0 saturated carbocycles. The molecular formula is C30H36N4O6. The first kappa shape index (κ1) is 29.9. The third-order valence-electron chi connectivity index (χ3n) is 6.01. The van der Waals surface area contributed by atoms with E-state index in [0.717, 1.165) is 0 Å². The van der Waals surface area contributed by atoms with E-state index in [2.05, 4.69) is 21.3 Å². The van der Waals surface area contributed by atoms with Gasteiger partial charge in [0.15, 0.2) is 11.6 Å². The zero-order valence-corrected chi connectivity index (χ0v) is 23.3. The van der Waals surface area contributed by atoms with Gasteiger partial charge >= 0.3 is 11.9 Å². The van der Waals surface area contributed by atoms with Gasteiger partial charge in [-0.05, 0) is 39.8 Å². The fourth-order valence-electron chi connectivity index (χ4n) is 4.25. The fourth-order valence-corrected chi connectivity index (χ4v) is 4.25. The summed E-state index contributed by atoms with van der Waals surface area (Å²) in [6.07, 6.45) is 2.77. The highest BCUT2D eigenvalue weighted by Crippen LogP contribution is 2.36. The lowest BCUT2D eigenvalue weighted by Gasteiger charge is -2.24. The Morgan fingerprint density at radius 2 is 1.07 bits per heavy atom. The minimum absolute atomic E-state index is 0.228. The van der Waals surface area contributed by atoms with E-state index < -0.39 is 11.9 Å². The first-order valence-corrected chi connectivity index (χ1v) is 13.3. The fraction of sp³-hybridized carbons (Fsp3) is 0.333. The van der Waals surface area contributed by atoms with E-state index in [4.69, 9.17) is 9.47 Å². The summed E-state index contributed by atoms with van der Waals surface area (Å²) >= 11 is 0. The summed E-state index contributed by atoms with van der Waals surface area (Å²) in [5, 5.41) is 12.8. The van der Waals surface area contributed by atoms with E-state index in [-0.39, 0.29) is 11.6 Å². The largest absolute Gasteiger partial charge is 0.463 e. The number of allylic oxidation sites excluding steroid dienone is 2. The summed E-state index contributed by atoms with van der Waals surface area (Å²) in [7, 11) is 0. The molecule has 3 rings (SSSR count). The number of anilines is 2. The lowest BCUT2D eigenvalue weighted by atomic mass is 9.82. The molecule has 40 heavy (non-hydrogen) atoms. The van der Waals surface area contributed by atoms with Crippen LogP contribution in [0, 0.1) is 0 Å². The van der Waals surface area contributed by atoms with Crippen LogP contribution >= 0.6 is 0 Å². The maximum absolute atomic E-state index is 13.6. The molecule has 0 radical (unpaired) electrons. The molecule has 0 saturated heterocycles. The Hall–Kier alpha value is -4.60. The number of rotatable bonds is 14. The number of ketones is 2. The minimum atomic E-state index is -0.416.